The molecule has 0 spiro atoms. The second-order valence-corrected chi connectivity index (χ2v) is 10.8. The Bertz CT molecular complexity index is 1020. The van der Waals surface area contributed by atoms with Crippen LogP contribution in [-0.2, 0) is 9.53 Å². The lowest BCUT2D eigenvalue weighted by Crippen LogP contribution is -2.48. The number of nitrogens with zero attached hydrogens (tertiary/aromatic N) is 1. The topological polar surface area (TPSA) is 66.8 Å². The van der Waals surface area contributed by atoms with Gasteiger partial charge in [0.1, 0.15) is 6.10 Å². The Morgan fingerprint density at radius 2 is 1.45 bits per heavy atom. The summed E-state index contributed by atoms with van der Waals surface area (Å²) in [7, 11) is 0. The Balaban J connectivity index is 2.44. The van der Waals surface area contributed by atoms with Crippen molar-refractivity contribution in [2.24, 2.45) is 5.41 Å². The molecule has 1 atom stereocenters. The normalized spacial score (nSPS) is 14.0. The fourth-order valence-electron chi connectivity index (χ4n) is 3.98. The largest absolute Gasteiger partial charge is 0.435 e. The maximum atomic E-state index is 13.7. The van der Waals surface area contributed by atoms with Crippen molar-refractivity contribution in [1.82, 2.24) is 4.90 Å². The molecular weight excluding hydrogens is 414 g/mol. The third-order valence-electron chi connectivity index (χ3n) is 5.45. The monoisotopic (exact) mass is 453 g/mol. The number of carbonyl (C=O) groups is 2. The number of aliphatic hydroxyl groups is 1. The summed E-state index contributed by atoms with van der Waals surface area (Å²) in [6.45, 7) is 16.7. The summed E-state index contributed by atoms with van der Waals surface area (Å²) in [5, 5.41) is 13.3. The first-order valence-electron chi connectivity index (χ1n) is 11.6. The van der Waals surface area contributed by atoms with Gasteiger partial charge >= 0.3 is 6.09 Å². The molecule has 5 heteroatoms. The molecular formula is C28H39NO4. The number of allylic oxidation sites excluding steroid dienone is 1. The molecule has 5 nitrogen and oxygen atoms in total. The number of ketones is 1. The molecule has 180 valence electrons. The Morgan fingerprint density at radius 1 is 0.909 bits per heavy atom. The third kappa shape index (κ3) is 6.67. The average Bonchev–Trinajstić information content (AvgIpc) is 2.68. The number of carbonyl (C=O) groups excluding carboxylic acids is 2. The molecule has 0 radical (unpaired) electrons. The van der Waals surface area contributed by atoms with Crippen LogP contribution in [0.1, 0.15) is 74.0 Å². The second kappa shape index (κ2) is 10.1. The molecule has 33 heavy (non-hydrogen) atoms. The zero-order valence-corrected chi connectivity index (χ0v) is 21.5. The first kappa shape index (κ1) is 26.6. The van der Waals surface area contributed by atoms with Crippen LogP contribution >= 0.6 is 0 Å². The average molecular weight is 454 g/mol. The van der Waals surface area contributed by atoms with Gasteiger partial charge in [0.25, 0.3) is 0 Å². The number of fused-ring (bicyclic) bond motifs is 1. The Labute approximate surface area is 198 Å². The van der Waals surface area contributed by atoms with Crippen LogP contribution in [0.4, 0.5) is 4.79 Å². The summed E-state index contributed by atoms with van der Waals surface area (Å²) in [5.41, 5.74) is -0.986. The van der Waals surface area contributed by atoms with Gasteiger partial charge in [0.2, 0.25) is 5.78 Å². The maximum Gasteiger partial charge on any atom is 0.411 e. The number of benzene rings is 2. The highest BCUT2D eigenvalue weighted by Crippen LogP contribution is 2.33. The van der Waals surface area contributed by atoms with Crippen LogP contribution < -0.4 is 0 Å². The Morgan fingerprint density at radius 3 is 1.97 bits per heavy atom. The zero-order chi connectivity index (χ0) is 25.1. The van der Waals surface area contributed by atoms with E-state index in [1.807, 2.05) is 90.9 Å². The van der Waals surface area contributed by atoms with Crippen LogP contribution in [0.2, 0.25) is 0 Å². The first-order valence-corrected chi connectivity index (χ1v) is 11.6. The summed E-state index contributed by atoms with van der Waals surface area (Å²) in [6, 6.07) is 13.4. The van der Waals surface area contributed by atoms with Crippen molar-refractivity contribution in [2.75, 3.05) is 0 Å². The van der Waals surface area contributed by atoms with Crippen molar-refractivity contribution in [3.05, 3.63) is 59.7 Å². The fourth-order valence-corrected chi connectivity index (χ4v) is 3.98. The van der Waals surface area contributed by atoms with E-state index in [9.17, 15) is 14.7 Å². The molecule has 0 bridgehead atoms. The molecule has 2 aromatic carbocycles. The number of Topliss-reactive ketones (excluding diaryl/α,β-unsaturated/α-hetero) is 1. The lowest BCUT2D eigenvalue weighted by atomic mass is 9.84. The SMILES string of the molecule is CC(C)N(C(=O)OC(C)(C)C(=O)/C(=C/C(C)(C)C)C(O)c1ccc2ccccc2c1)C(C)C. The quantitative estimate of drug-likeness (QED) is 0.489. The van der Waals surface area contributed by atoms with Gasteiger partial charge in [0.05, 0.1) is 0 Å². The van der Waals surface area contributed by atoms with E-state index >= 15 is 0 Å². The van der Waals surface area contributed by atoms with Gasteiger partial charge in [-0.05, 0) is 69.4 Å². The Hall–Kier alpha value is -2.66. The van der Waals surface area contributed by atoms with Crippen molar-refractivity contribution < 1.29 is 19.4 Å². The van der Waals surface area contributed by atoms with Crippen LogP contribution in [-0.4, -0.2) is 39.6 Å². The van der Waals surface area contributed by atoms with Crippen molar-refractivity contribution in [1.29, 1.82) is 0 Å². The van der Waals surface area contributed by atoms with Gasteiger partial charge in [-0.15, -0.1) is 0 Å². The molecule has 1 amide bonds. The van der Waals surface area contributed by atoms with E-state index in [0.717, 1.165) is 10.8 Å². The third-order valence-corrected chi connectivity index (χ3v) is 5.45. The molecule has 0 saturated carbocycles. The number of hydrogen-bond acceptors (Lipinski definition) is 4. The van der Waals surface area contributed by atoms with Crippen molar-refractivity contribution in [3.63, 3.8) is 0 Å². The van der Waals surface area contributed by atoms with Crippen LogP contribution in [0.5, 0.6) is 0 Å². The Kier molecular flexibility index (Phi) is 8.13. The van der Waals surface area contributed by atoms with E-state index in [2.05, 4.69) is 0 Å². The van der Waals surface area contributed by atoms with E-state index < -0.39 is 23.6 Å². The minimum Gasteiger partial charge on any atom is -0.435 e. The molecule has 0 aliphatic rings. The molecule has 2 rings (SSSR count). The highest BCUT2D eigenvalue weighted by molar-refractivity contribution is 6.03. The summed E-state index contributed by atoms with van der Waals surface area (Å²) in [4.78, 5) is 28.2. The van der Waals surface area contributed by atoms with Gasteiger partial charge in [0.15, 0.2) is 5.60 Å². The maximum absolute atomic E-state index is 13.7. The van der Waals surface area contributed by atoms with Gasteiger partial charge in [0, 0.05) is 17.7 Å². The molecule has 0 saturated heterocycles. The van der Waals surface area contributed by atoms with E-state index in [0.29, 0.717) is 5.56 Å². The van der Waals surface area contributed by atoms with Crippen LogP contribution in [0.25, 0.3) is 10.8 Å². The number of rotatable bonds is 7. The summed E-state index contributed by atoms with van der Waals surface area (Å²) in [5.74, 6) is -0.418. The van der Waals surface area contributed by atoms with Gasteiger partial charge in [-0.1, -0.05) is 63.2 Å². The summed E-state index contributed by atoms with van der Waals surface area (Å²) >= 11 is 0. The molecule has 2 aromatic rings. The smallest absolute Gasteiger partial charge is 0.411 e. The predicted octanol–water partition coefficient (Wildman–Crippen LogP) is 6.45. The second-order valence-electron chi connectivity index (χ2n) is 10.8. The van der Waals surface area contributed by atoms with E-state index in [4.69, 9.17) is 4.74 Å². The summed E-state index contributed by atoms with van der Waals surface area (Å²) in [6.07, 6.45) is 0.0761. The van der Waals surface area contributed by atoms with Crippen LogP contribution in [0, 0.1) is 5.41 Å². The van der Waals surface area contributed by atoms with E-state index in [1.54, 1.807) is 24.8 Å². The number of amides is 1. The van der Waals surface area contributed by atoms with Gasteiger partial charge < -0.3 is 14.7 Å². The highest BCUT2D eigenvalue weighted by atomic mass is 16.6. The zero-order valence-electron chi connectivity index (χ0n) is 21.5. The molecule has 0 aliphatic heterocycles. The predicted molar refractivity (Wildman–Crippen MR) is 134 cm³/mol. The molecule has 0 fully saturated rings. The van der Waals surface area contributed by atoms with Gasteiger partial charge in [-0.2, -0.15) is 0 Å². The van der Waals surface area contributed by atoms with E-state index in [-0.39, 0.29) is 23.1 Å². The molecule has 1 unspecified atom stereocenters. The number of hydrogen-bond donors (Lipinski definition) is 1. The molecule has 0 heterocycles. The minimum atomic E-state index is -1.45. The minimum absolute atomic E-state index is 0.0730. The standard InChI is InChI=1S/C28H39NO4/c1-18(2)29(19(3)4)26(32)33-28(8,9)25(31)23(17-27(5,6)7)24(30)22-15-14-20-12-10-11-13-21(20)16-22/h10-19,24,30H,1-9H3/b23-17+. The van der Waals surface area contributed by atoms with Gasteiger partial charge in [-0.3, -0.25) is 4.79 Å². The lowest BCUT2D eigenvalue weighted by Gasteiger charge is -2.34. The molecule has 1 N–H and O–H groups in total. The number of ether oxygens (including phenoxy) is 1. The van der Waals surface area contributed by atoms with Crippen molar-refractivity contribution >= 4 is 22.6 Å². The molecule has 0 aliphatic carbocycles. The molecule has 0 aromatic heterocycles. The van der Waals surface area contributed by atoms with Crippen molar-refractivity contribution in [3.8, 4) is 0 Å². The number of aliphatic hydroxyl groups excluding tert-OH is 1. The lowest BCUT2D eigenvalue weighted by molar-refractivity contribution is -0.133. The van der Waals surface area contributed by atoms with Crippen LogP contribution in [0.3, 0.4) is 0 Å². The summed E-state index contributed by atoms with van der Waals surface area (Å²) < 4.78 is 5.72. The first-order chi connectivity index (χ1) is 15.1. The van der Waals surface area contributed by atoms with Crippen LogP contribution in [0.15, 0.2) is 54.1 Å². The van der Waals surface area contributed by atoms with E-state index in [1.165, 1.54) is 0 Å². The van der Waals surface area contributed by atoms with Crippen molar-refractivity contribution in [2.45, 2.75) is 86.1 Å². The van der Waals surface area contributed by atoms with Gasteiger partial charge in [-0.25, -0.2) is 4.79 Å². The fraction of sp³-hybridized carbons (Fsp3) is 0.500. The highest BCUT2D eigenvalue weighted by Gasteiger charge is 2.39.